The minimum atomic E-state index is 0.350. The fourth-order valence-electron chi connectivity index (χ4n) is 11.0. The highest BCUT2D eigenvalue weighted by molar-refractivity contribution is 5.85. The first-order valence-electron chi connectivity index (χ1n) is 28.5. The van der Waals surface area contributed by atoms with Crippen molar-refractivity contribution in [2.75, 3.05) is 16.0 Å². The molecule has 0 atom stereocenters. The highest BCUT2D eigenvalue weighted by Gasteiger charge is 2.24. The molecule has 0 saturated carbocycles. The molecule has 3 N–H and O–H groups in total. The average molecular weight is 1090 g/mol. The van der Waals surface area contributed by atoms with Gasteiger partial charge in [0.1, 0.15) is 17.5 Å². The summed E-state index contributed by atoms with van der Waals surface area (Å²) >= 11 is 0. The van der Waals surface area contributed by atoms with Crippen LogP contribution in [0, 0.1) is 0 Å². The molecular formula is C72H60N12. The van der Waals surface area contributed by atoms with E-state index in [9.17, 15) is 0 Å². The van der Waals surface area contributed by atoms with Crippen LogP contribution in [0.3, 0.4) is 0 Å². The number of rotatable bonds is 18. The van der Waals surface area contributed by atoms with Crippen molar-refractivity contribution in [2.45, 2.75) is 40.4 Å². The van der Waals surface area contributed by atoms with Crippen LogP contribution in [0.4, 0.5) is 34.9 Å². The maximum absolute atomic E-state index is 5.32. The maximum atomic E-state index is 5.32. The standard InChI is InChI=1S/C72H60N12/c1-4-82-64(52-31-19-10-20-32-52)61(49-25-13-7-14-26-49)76-67(82)55-37-43-58(44-38-55)73-70-79-71(74-59-45-39-56(40-46-59)68-77-62(50-27-15-8-16-28-50)65(83(68)5-2)53-33-21-11-22-34-53)81-72(80-70)75-60-47-41-57(42-48-60)69-78-63(51-29-17-9-18-30-51)66(84(69)6-3)54-35-23-12-24-36-54/h7-48H,4-6H2,1-3H3,(H3,73,74,75,79,80,81). The maximum Gasteiger partial charge on any atom is 0.233 e. The van der Waals surface area contributed by atoms with Crippen molar-refractivity contribution in [3.8, 4) is 102 Å². The van der Waals surface area contributed by atoms with Crippen LogP contribution >= 0.6 is 0 Å². The van der Waals surface area contributed by atoms with E-state index in [0.717, 1.165) is 138 Å². The molecule has 84 heavy (non-hydrogen) atoms. The van der Waals surface area contributed by atoms with Gasteiger partial charge in [-0.3, -0.25) is 0 Å². The fourth-order valence-corrected chi connectivity index (χ4v) is 11.0. The smallest absolute Gasteiger partial charge is 0.233 e. The Morgan fingerprint density at radius 1 is 0.238 bits per heavy atom. The van der Waals surface area contributed by atoms with Gasteiger partial charge in [0.15, 0.2) is 0 Å². The Bertz CT molecular complexity index is 3870. The van der Waals surface area contributed by atoms with Gasteiger partial charge in [0, 0.05) is 86.8 Å². The lowest BCUT2D eigenvalue weighted by molar-refractivity contribution is 0.778. The molecule has 0 bridgehead atoms. The van der Waals surface area contributed by atoms with Crippen LogP contribution in [0.1, 0.15) is 20.8 Å². The molecular weight excluding hydrogens is 1030 g/mol. The molecule has 13 rings (SSSR count). The molecule has 0 unspecified atom stereocenters. The highest BCUT2D eigenvalue weighted by atomic mass is 15.3. The largest absolute Gasteiger partial charge is 0.324 e. The van der Waals surface area contributed by atoms with Crippen molar-refractivity contribution >= 4 is 34.9 Å². The van der Waals surface area contributed by atoms with Gasteiger partial charge in [-0.15, -0.1) is 0 Å². The summed E-state index contributed by atoms with van der Waals surface area (Å²) in [4.78, 5) is 30.8. The Labute approximate surface area is 489 Å². The topological polar surface area (TPSA) is 128 Å². The number of anilines is 6. The predicted octanol–water partition coefficient (Wildman–Crippen LogP) is 17.8. The van der Waals surface area contributed by atoms with Gasteiger partial charge in [-0.2, -0.15) is 15.0 Å². The second-order valence-corrected chi connectivity index (χ2v) is 20.2. The highest BCUT2D eigenvalue weighted by Crippen LogP contribution is 2.40. The van der Waals surface area contributed by atoms with Crippen molar-refractivity contribution in [2.24, 2.45) is 0 Å². The summed E-state index contributed by atoms with van der Waals surface area (Å²) in [5.74, 6) is 3.70. The van der Waals surface area contributed by atoms with Gasteiger partial charge in [0.25, 0.3) is 0 Å². The van der Waals surface area contributed by atoms with Gasteiger partial charge in [0.05, 0.1) is 34.2 Å². The minimum Gasteiger partial charge on any atom is -0.324 e. The van der Waals surface area contributed by atoms with Gasteiger partial charge >= 0.3 is 0 Å². The first-order valence-corrected chi connectivity index (χ1v) is 28.5. The SMILES string of the molecule is CCn1c(-c2ccc(Nc3nc(Nc4ccc(-c5nc(-c6ccccc6)c(-c6ccccc6)n5CC)cc4)nc(Nc4ccc(-c5nc(-c6ccccc6)c(-c6ccccc6)n5CC)cc4)n3)cc2)nc(-c2ccccc2)c1-c1ccccc1. The van der Waals surface area contributed by atoms with E-state index in [1.54, 1.807) is 0 Å². The molecule has 12 nitrogen and oxygen atoms in total. The summed E-state index contributed by atoms with van der Waals surface area (Å²) in [5.41, 5.74) is 18.0. The van der Waals surface area contributed by atoms with E-state index in [1.165, 1.54) is 0 Å². The molecule has 12 heteroatoms. The molecule has 0 aliphatic rings. The summed E-state index contributed by atoms with van der Waals surface area (Å²) in [6.45, 7) is 8.71. The lowest BCUT2D eigenvalue weighted by atomic mass is 10.0. The fraction of sp³-hybridized carbons (Fsp3) is 0.0833. The average Bonchev–Trinajstić information content (AvgIpc) is 4.01. The second kappa shape index (κ2) is 23.6. The van der Waals surface area contributed by atoms with E-state index in [1.807, 2.05) is 72.8 Å². The summed E-state index contributed by atoms with van der Waals surface area (Å²) < 4.78 is 6.89. The Balaban J connectivity index is 0.830. The summed E-state index contributed by atoms with van der Waals surface area (Å²) in [5, 5.41) is 10.5. The third kappa shape index (κ3) is 10.6. The summed E-state index contributed by atoms with van der Waals surface area (Å²) in [7, 11) is 0. The van der Waals surface area contributed by atoms with Crippen LogP contribution in [-0.4, -0.2) is 43.6 Å². The normalized spacial score (nSPS) is 11.2. The molecule has 0 spiro atoms. The quantitative estimate of drug-likeness (QED) is 0.0769. The lowest BCUT2D eigenvalue weighted by Gasteiger charge is -2.14. The third-order valence-corrected chi connectivity index (χ3v) is 15.0. The molecule has 0 amide bonds. The Hall–Kier alpha value is -11.0. The Morgan fingerprint density at radius 2 is 0.452 bits per heavy atom. The monoisotopic (exact) mass is 1090 g/mol. The van der Waals surface area contributed by atoms with E-state index < -0.39 is 0 Å². The second-order valence-electron chi connectivity index (χ2n) is 20.2. The van der Waals surface area contributed by atoms with Gasteiger partial charge in [0.2, 0.25) is 17.8 Å². The van der Waals surface area contributed by atoms with Crippen LogP contribution < -0.4 is 16.0 Å². The first-order chi connectivity index (χ1) is 41.5. The van der Waals surface area contributed by atoms with Crippen molar-refractivity contribution in [3.63, 3.8) is 0 Å². The first kappa shape index (κ1) is 52.4. The molecule has 0 radical (unpaired) electrons. The molecule has 0 saturated heterocycles. The van der Waals surface area contributed by atoms with Crippen molar-refractivity contribution < 1.29 is 0 Å². The molecule has 4 heterocycles. The van der Waals surface area contributed by atoms with Gasteiger partial charge in [-0.1, -0.05) is 182 Å². The third-order valence-electron chi connectivity index (χ3n) is 15.0. The molecule has 4 aromatic heterocycles. The van der Waals surface area contributed by atoms with Crippen molar-refractivity contribution in [3.05, 3.63) is 255 Å². The number of hydrogen-bond donors (Lipinski definition) is 3. The zero-order chi connectivity index (χ0) is 56.8. The molecule has 0 fully saturated rings. The van der Waals surface area contributed by atoms with Crippen molar-refractivity contribution in [1.82, 2.24) is 43.6 Å². The van der Waals surface area contributed by atoms with Crippen LogP contribution in [0.25, 0.3) is 102 Å². The molecule has 0 aliphatic carbocycles. The Kier molecular flexibility index (Phi) is 14.7. The summed E-state index contributed by atoms with van der Waals surface area (Å²) in [6.07, 6.45) is 0. The van der Waals surface area contributed by atoms with E-state index in [0.29, 0.717) is 17.8 Å². The van der Waals surface area contributed by atoms with Gasteiger partial charge in [-0.25, -0.2) is 15.0 Å². The van der Waals surface area contributed by atoms with E-state index in [4.69, 9.17) is 29.9 Å². The number of nitrogens with zero attached hydrogens (tertiary/aromatic N) is 9. The zero-order valence-corrected chi connectivity index (χ0v) is 46.9. The van der Waals surface area contributed by atoms with Crippen LogP contribution in [0.5, 0.6) is 0 Å². The van der Waals surface area contributed by atoms with E-state index >= 15 is 0 Å². The van der Waals surface area contributed by atoms with Crippen LogP contribution in [0.2, 0.25) is 0 Å². The summed E-state index contributed by atoms with van der Waals surface area (Å²) in [6, 6.07) is 87.4. The number of aromatic nitrogens is 9. The Morgan fingerprint density at radius 3 is 0.667 bits per heavy atom. The molecule has 408 valence electrons. The number of nitrogens with one attached hydrogen (secondary N) is 3. The van der Waals surface area contributed by atoms with Crippen LogP contribution in [0.15, 0.2) is 255 Å². The lowest BCUT2D eigenvalue weighted by Crippen LogP contribution is -2.07. The number of imidazole rings is 3. The predicted molar refractivity (Wildman–Crippen MR) is 342 cm³/mol. The van der Waals surface area contributed by atoms with E-state index in [-0.39, 0.29) is 0 Å². The minimum absolute atomic E-state index is 0.350. The van der Waals surface area contributed by atoms with Crippen LogP contribution in [-0.2, 0) is 19.6 Å². The molecule has 13 aromatic rings. The van der Waals surface area contributed by atoms with Gasteiger partial charge in [-0.05, 0) is 93.6 Å². The van der Waals surface area contributed by atoms with E-state index in [2.05, 4.69) is 232 Å². The van der Waals surface area contributed by atoms with Crippen molar-refractivity contribution in [1.29, 1.82) is 0 Å². The number of benzene rings is 9. The van der Waals surface area contributed by atoms with Gasteiger partial charge < -0.3 is 29.7 Å². The zero-order valence-electron chi connectivity index (χ0n) is 46.9. The molecule has 0 aliphatic heterocycles. The number of hydrogen-bond acceptors (Lipinski definition) is 9. The molecule has 9 aromatic carbocycles.